The van der Waals surface area contributed by atoms with Crippen molar-refractivity contribution in [3.63, 3.8) is 0 Å². The highest BCUT2D eigenvalue weighted by Gasteiger charge is 2.28. The normalized spacial score (nSPS) is 20.9. The number of amides is 1. The maximum atomic E-state index is 12.2. The zero-order valence-corrected chi connectivity index (χ0v) is 10.5. The average Bonchev–Trinajstić information content (AvgIpc) is 2.35. The second kappa shape index (κ2) is 4.88. The molecule has 1 aliphatic heterocycles. The van der Waals surface area contributed by atoms with Gasteiger partial charge in [-0.25, -0.2) is 0 Å². The number of rotatable bonds is 2. The molecule has 3 nitrogen and oxygen atoms in total. The smallest absolute Gasteiger partial charge is 0.243 e. The highest BCUT2D eigenvalue weighted by atomic mass is 16.2. The van der Waals surface area contributed by atoms with Crippen molar-refractivity contribution < 1.29 is 4.79 Å². The molecule has 1 aromatic rings. The number of hydrogen-bond acceptors (Lipinski definition) is 2. The van der Waals surface area contributed by atoms with Crippen LogP contribution in [0.4, 0.5) is 5.69 Å². The fourth-order valence-corrected chi connectivity index (χ4v) is 2.38. The van der Waals surface area contributed by atoms with Crippen LogP contribution in [-0.2, 0) is 11.2 Å². The summed E-state index contributed by atoms with van der Waals surface area (Å²) < 4.78 is 0. The molecule has 0 aromatic heterocycles. The van der Waals surface area contributed by atoms with Crippen molar-refractivity contribution in [1.82, 2.24) is 0 Å². The number of anilines is 1. The molecule has 92 valence electrons. The molecular weight excluding hydrogens is 212 g/mol. The number of benzene rings is 1. The second-order valence-electron chi connectivity index (χ2n) is 4.90. The average molecular weight is 232 g/mol. The number of carbonyl (C=O) groups excluding carboxylic acids is 1. The molecule has 2 N–H and O–H groups in total. The summed E-state index contributed by atoms with van der Waals surface area (Å²) in [4.78, 5) is 14.1. The van der Waals surface area contributed by atoms with Crippen molar-refractivity contribution in [3.8, 4) is 0 Å². The summed E-state index contributed by atoms with van der Waals surface area (Å²) in [5, 5.41) is 0. The molecule has 0 bridgehead atoms. The minimum atomic E-state index is -0.381. The Kier molecular flexibility index (Phi) is 3.48. The van der Waals surface area contributed by atoms with Gasteiger partial charge in [0.25, 0.3) is 0 Å². The Hall–Kier alpha value is -1.35. The van der Waals surface area contributed by atoms with E-state index in [2.05, 4.69) is 13.0 Å². The predicted octanol–water partition coefficient (Wildman–Crippen LogP) is 1.95. The molecule has 0 saturated heterocycles. The van der Waals surface area contributed by atoms with Crippen LogP contribution in [0, 0.1) is 5.92 Å². The maximum Gasteiger partial charge on any atom is 0.243 e. The zero-order chi connectivity index (χ0) is 12.4. The Morgan fingerprint density at radius 2 is 2.24 bits per heavy atom. The van der Waals surface area contributed by atoms with Gasteiger partial charge in [0.15, 0.2) is 0 Å². The number of hydrogen-bond donors (Lipinski definition) is 1. The Morgan fingerprint density at radius 3 is 2.94 bits per heavy atom. The van der Waals surface area contributed by atoms with Gasteiger partial charge in [-0.1, -0.05) is 32.0 Å². The van der Waals surface area contributed by atoms with Crippen LogP contribution in [0.1, 0.15) is 25.8 Å². The Balaban J connectivity index is 2.32. The third kappa shape index (κ3) is 2.34. The summed E-state index contributed by atoms with van der Waals surface area (Å²) in [5.41, 5.74) is 8.15. The van der Waals surface area contributed by atoms with Crippen LogP contribution in [0.25, 0.3) is 0 Å². The Morgan fingerprint density at radius 1 is 1.53 bits per heavy atom. The lowest BCUT2D eigenvalue weighted by molar-refractivity contribution is -0.120. The van der Waals surface area contributed by atoms with Crippen molar-refractivity contribution in [2.45, 2.75) is 32.7 Å². The molecule has 1 aromatic carbocycles. The molecule has 3 heteroatoms. The number of fused-ring (bicyclic) bond motifs is 1. The predicted molar refractivity (Wildman–Crippen MR) is 69.9 cm³/mol. The van der Waals surface area contributed by atoms with E-state index in [1.54, 1.807) is 0 Å². The topological polar surface area (TPSA) is 46.3 Å². The lowest BCUT2D eigenvalue weighted by atomic mass is 9.93. The second-order valence-corrected chi connectivity index (χ2v) is 4.90. The highest BCUT2D eigenvalue weighted by Crippen LogP contribution is 2.29. The summed E-state index contributed by atoms with van der Waals surface area (Å²) in [7, 11) is 0. The quantitative estimate of drug-likeness (QED) is 0.847. The van der Waals surface area contributed by atoms with Gasteiger partial charge in [-0.15, -0.1) is 0 Å². The monoisotopic (exact) mass is 232 g/mol. The minimum absolute atomic E-state index is 0.0477. The molecule has 1 heterocycles. The van der Waals surface area contributed by atoms with E-state index in [1.165, 1.54) is 5.56 Å². The van der Waals surface area contributed by atoms with Gasteiger partial charge < -0.3 is 10.6 Å². The van der Waals surface area contributed by atoms with Gasteiger partial charge in [0.2, 0.25) is 5.91 Å². The van der Waals surface area contributed by atoms with Gasteiger partial charge in [-0.3, -0.25) is 4.79 Å². The summed E-state index contributed by atoms with van der Waals surface area (Å²) in [6.07, 6.45) is 1.73. The number of nitrogens with two attached hydrogens (primary N) is 1. The molecule has 0 aliphatic carbocycles. The Bertz CT molecular complexity index is 416. The van der Waals surface area contributed by atoms with Crippen molar-refractivity contribution >= 4 is 11.6 Å². The first-order valence-electron chi connectivity index (χ1n) is 6.28. The molecule has 0 saturated carbocycles. The molecule has 0 spiro atoms. The molecule has 0 fully saturated rings. The van der Waals surface area contributed by atoms with Crippen LogP contribution in [0.5, 0.6) is 0 Å². The van der Waals surface area contributed by atoms with Crippen molar-refractivity contribution in [1.29, 1.82) is 0 Å². The molecule has 1 aliphatic rings. The van der Waals surface area contributed by atoms with Gasteiger partial charge in [0.1, 0.15) is 0 Å². The van der Waals surface area contributed by atoms with Gasteiger partial charge in [0.05, 0.1) is 6.04 Å². The molecule has 0 radical (unpaired) electrons. The highest BCUT2D eigenvalue weighted by molar-refractivity contribution is 5.98. The van der Waals surface area contributed by atoms with Gasteiger partial charge in [-0.2, -0.15) is 0 Å². The van der Waals surface area contributed by atoms with Gasteiger partial charge >= 0.3 is 0 Å². The lowest BCUT2D eigenvalue weighted by Crippen LogP contribution is -2.47. The summed E-state index contributed by atoms with van der Waals surface area (Å²) in [5.74, 6) is 0.546. The largest absolute Gasteiger partial charge is 0.320 e. The van der Waals surface area contributed by atoms with E-state index in [9.17, 15) is 4.79 Å². The first-order chi connectivity index (χ1) is 8.13. The van der Waals surface area contributed by atoms with Crippen molar-refractivity contribution in [2.24, 2.45) is 11.7 Å². The van der Waals surface area contributed by atoms with Crippen LogP contribution in [0.15, 0.2) is 24.3 Å². The molecule has 2 rings (SSSR count). The Labute approximate surface area is 103 Å². The number of carbonyl (C=O) groups is 1. The van der Waals surface area contributed by atoms with E-state index in [1.807, 2.05) is 30.0 Å². The van der Waals surface area contributed by atoms with Gasteiger partial charge in [-0.05, 0) is 30.4 Å². The van der Waals surface area contributed by atoms with Crippen LogP contribution in [-0.4, -0.2) is 18.5 Å². The summed E-state index contributed by atoms with van der Waals surface area (Å²) >= 11 is 0. The van der Waals surface area contributed by atoms with E-state index < -0.39 is 0 Å². The SMILES string of the molecule is CC[C@@H](N)C(=O)N1CC(C)Cc2ccccc21. The summed E-state index contributed by atoms with van der Waals surface area (Å²) in [6, 6.07) is 7.74. The van der Waals surface area contributed by atoms with E-state index in [0.29, 0.717) is 12.3 Å². The standard InChI is InChI=1S/C14H20N2O/c1-3-12(15)14(17)16-9-10(2)8-11-6-4-5-7-13(11)16/h4-7,10,12H,3,8-9,15H2,1-2H3/t10?,12-/m1/s1. The van der Waals surface area contributed by atoms with Crippen LogP contribution < -0.4 is 10.6 Å². The van der Waals surface area contributed by atoms with E-state index >= 15 is 0 Å². The van der Waals surface area contributed by atoms with Crippen molar-refractivity contribution in [3.05, 3.63) is 29.8 Å². The van der Waals surface area contributed by atoms with E-state index in [-0.39, 0.29) is 11.9 Å². The third-order valence-electron chi connectivity index (χ3n) is 3.37. The minimum Gasteiger partial charge on any atom is -0.320 e. The van der Waals surface area contributed by atoms with E-state index in [0.717, 1.165) is 18.7 Å². The number of nitrogens with zero attached hydrogens (tertiary/aromatic N) is 1. The summed E-state index contributed by atoms with van der Waals surface area (Å²) in [6.45, 7) is 4.90. The number of para-hydroxylation sites is 1. The molecular formula is C14H20N2O. The van der Waals surface area contributed by atoms with Crippen LogP contribution >= 0.6 is 0 Å². The molecule has 1 unspecified atom stereocenters. The van der Waals surface area contributed by atoms with E-state index in [4.69, 9.17) is 5.73 Å². The van der Waals surface area contributed by atoms with Crippen LogP contribution in [0.2, 0.25) is 0 Å². The fraction of sp³-hybridized carbons (Fsp3) is 0.500. The molecule has 2 atom stereocenters. The maximum absolute atomic E-state index is 12.2. The van der Waals surface area contributed by atoms with Crippen molar-refractivity contribution in [2.75, 3.05) is 11.4 Å². The first kappa shape index (κ1) is 12.1. The molecule has 1 amide bonds. The lowest BCUT2D eigenvalue weighted by Gasteiger charge is -2.34. The third-order valence-corrected chi connectivity index (χ3v) is 3.37. The van der Waals surface area contributed by atoms with Gasteiger partial charge in [0, 0.05) is 12.2 Å². The molecule has 17 heavy (non-hydrogen) atoms. The first-order valence-corrected chi connectivity index (χ1v) is 6.28. The fourth-order valence-electron chi connectivity index (χ4n) is 2.38. The van der Waals surface area contributed by atoms with Crippen LogP contribution in [0.3, 0.4) is 0 Å². The zero-order valence-electron chi connectivity index (χ0n) is 10.5.